The van der Waals surface area contributed by atoms with Gasteiger partial charge in [0.05, 0.1) is 19.2 Å². The number of nitrogens with zero attached hydrogens (tertiary/aromatic N) is 1. The fraction of sp³-hybridized carbons (Fsp3) is 0.375. The van der Waals surface area contributed by atoms with E-state index in [9.17, 15) is 9.59 Å². The second-order valence-electron chi connectivity index (χ2n) is 8.44. The summed E-state index contributed by atoms with van der Waals surface area (Å²) < 4.78 is 10.7. The lowest BCUT2D eigenvalue weighted by atomic mass is 10.0. The van der Waals surface area contributed by atoms with Crippen LogP contribution in [0, 0.1) is 5.41 Å². The number of benzene rings is 2. The van der Waals surface area contributed by atoms with E-state index < -0.39 is 11.6 Å². The molecular formula is C24H28N2O4. The van der Waals surface area contributed by atoms with E-state index >= 15 is 0 Å². The maximum atomic E-state index is 13.0. The van der Waals surface area contributed by atoms with Gasteiger partial charge in [0.2, 0.25) is 0 Å². The van der Waals surface area contributed by atoms with E-state index in [4.69, 9.17) is 14.9 Å². The minimum Gasteiger partial charge on any atom is -0.458 e. The highest BCUT2D eigenvalue weighted by Crippen LogP contribution is 2.22. The summed E-state index contributed by atoms with van der Waals surface area (Å²) in [7, 11) is 0. The number of rotatable bonds is 6. The summed E-state index contributed by atoms with van der Waals surface area (Å²) in [4.78, 5) is 26.5. The quantitative estimate of drug-likeness (QED) is 0.734. The van der Waals surface area contributed by atoms with Crippen LogP contribution in [0.2, 0.25) is 0 Å². The minimum absolute atomic E-state index is 0.136. The van der Waals surface area contributed by atoms with E-state index in [0.29, 0.717) is 17.7 Å². The maximum Gasteiger partial charge on any atom is 0.332 e. The summed E-state index contributed by atoms with van der Waals surface area (Å²) in [6.07, 6.45) is 0.447. The molecule has 0 radical (unpaired) electrons. The fourth-order valence-corrected chi connectivity index (χ4v) is 3.43. The molecule has 3 rings (SSSR count). The first-order valence-electron chi connectivity index (χ1n) is 10.1. The minimum atomic E-state index is -0.566. The van der Waals surface area contributed by atoms with Crippen molar-refractivity contribution in [3.05, 3.63) is 60.2 Å². The van der Waals surface area contributed by atoms with Crippen LogP contribution in [0.3, 0.4) is 0 Å². The van der Waals surface area contributed by atoms with Gasteiger partial charge >= 0.3 is 5.97 Å². The molecule has 1 heterocycles. The van der Waals surface area contributed by atoms with Crippen LogP contribution in [-0.2, 0) is 14.3 Å². The first-order chi connectivity index (χ1) is 14.2. The second-order valence-corrected chi connectivity index (χ2v) is 8.44. The first-order valence-corrected chi connectivity index (χ1v) is 10.1. The molecule has 1 N–H and O–H groups in total. The van der Waals surface area contributed by atoms with Gasteiger partial charge in [0, 0.05) is 17.7 Å². The fourth-order valence-electron chi connectivity index (χ4n) is 3.43. The zero-order valence-electron chi connectivity index (χ0n) is 17.7. The Hall–Kier alpha value is -2.99. The van der Waals surface area contributed by atoms with Crippen LogP contribution in [0.5, 0.6) is 0 Å². The molecule has 0 spiro atoms. The van der Waals surface area contributed by atoms with Crippen LogP contribution in [0.15, 0.2) is 54.6 Å². The Balaban J connectivity index is 1.61. The first kappa shape index (κ1) is 21.7. The standard InChI is InChI=1S/C24H28N2O4/c1-24(2,3)30-22(27)16-29-15-21-13-20(25)14-26(21)23(28)19-11-9-18(10-12-19)17-7-5-4-6-8-17/h4-12,21,25H,13-16H2,1-3H3. The number of hydrogen-bond donors (Lipinski definition) is 1. The van der Waals surface area contributed by atoms with E-state index in [1.807, 2.05) is 54.6 Å². The molecule has 2 aromatic rings. The lowest BCUT2D eigenvalue weighted by molar-refractivity contribution is -0.160. The molecule has 2 aromatic carbocycles. The number of ether oxygens (including phenoxy) is 2. The Kier molecular flexibility index (Phi) is 6.67. The lowest BCUT2D eigenvalue weighted by Gasteiger charge is -2.24. The molecule has 0 saturated carbocycles. The Labute approximate surface area is 177 Å². The molecule has 6 heteroatoms. The van der Waals surface area contributed by atoms with Gasteiger partial charge in [-0.15, -0.1) is 0 Å². The topological polar surface area (TPSA) is 79.7 Å². The third kappa shape index (κ3) is 5.76. The third-order valence-electron chi connectivity index (χ3n) is 4.73. The van der Waals surface area contributed by atoms with E-state index in [0.717, 1.165) is 11.1 Å². The van der Waals surface area contributed by atoms with Gasteiger partial charge in [0.15, 0.2) is 0 Å². The molecule has 158 valence electrons. The van der Waals surface area contributed by atoms with Gasteiger partial charge in [-0.3, -0.25) is 4.79 Å². The highest BCUT2D eigenvalue weighted by molar-refractivity contribution is 6.00. The van der Waals surface area contributed by atoms with Crippen molar-refractivity contribution in [1.29, 1.82) is 5.41 Å². The molecule has 1 fully saturated rings. The van der Waals surface area contributed by atoms with Crippen LogP contribution in [0.4, 0.5) is 0 Å². The lowest BCUT2D eigenvalue weighted by Crippen LogP contribution is -2.39. The number of amides is 1. The highest BCUT2D eigenvalue weighted by atomic mass is 16.6. The molecule has 1 amide bonds. The van der Waals surface area contributed by atoms with Gasteiger partial charge < -0.3 is 19.8 Å². The number of esters is 1. The number of hydrogen-bond acceptors (Lipinski definition) is 5. The molecule has 1 aliphatic heterocycles. The summed E-state index contributed by atoms with van der Waals surface area (Å²) in [5, 5.41) is 8.01. The summed E-state index contributed by atoms with van der Waals surface area (Å²) in [5.41, 5.74) is 2.62. The van der Waals surface area contributed by atoms with Gasteiger partial charge in [0.1, 0.15) is 12.2 Å². The van der Waals surface area contributed by atoms with Gasteiger partial charge in [-0.1, -0.05) is 42.5 Å². The van der Waals surface area contributed by atoms with Crippen molar-refractivity contribution < 1.29 is 19.1 Å². The third-order valence-corrected chi connectivity index (χ3v) is 4.73. The number of likely N-dealkylation sites (tertiary alicyclic amines) is 1. The second kappa shape index (κ2) is 9.22. The average molecular weight is 408 g/mol. The van der Waals surface area contributed by atoms with E-state index in [1.165, 1.54) is 0 Å². The molecule has 1 aliphatic rings. The summed E-state index contributed by atoms with van der Waals surface area (Å²) in [6.45, 7) is 5.69. The van der Waals surface area contributed by atoms with Crippen molar-refractivity contribution in [3.63, 3.8) is 0 Å². The predicted molar refractivity (Wildman–Crippen MR) is 116 cm³/mol. The molecule has 30 heavy (non-hydrogen) atoms. The normalized spacial score (nSPS) is 16.6. The SMILES string of the molecule is CC(C)(C)OC(=O)COCC1CC(=N)CN1C(=O)c1ccc(-c2ccccc2)cc1. The van der Waals surface area contributed by atoms with E-state index in [2.05, 4.69) is 0 Å². The Morgan fingerprint density at radius 1 is 1.03 bits per heavy atom. The summed E-state index contributed by atoms with van der Waals surface area (Å²) in [5.74, 6) is -0.576. The van der Waals surface area contributed by atoms with Crippen molar-refractivity contribution in [2.24, 2.45) is 0 Å². The van der Waals surface area contributed by atoms with Crippen LogP contribution in [0.1, 0.15) is 37.6 Å². The maximum absolute atomic E-state index is 13.0. The van der Waals surface area contributed by atoms with Crippen molar-refractivity contribution in [2.75, 3.05) is 19.8 Å². The van der Waals surface area contributed by atoms with Gasteiger partial charge in [-0.05, 0) is 44.0 Å². The molecule has 0 bridgehead atoms. The Morgan fingerprint density at radius 3 is 2.30 bits per heavy atom. The number of carbonyl (C=O) groups is 2. The smallest absolute Gasteiger partial charge is 0.332 e. The molecule has 0 aliphatic carbocycles. The summed E-state index contributed by atoms with van der Waals surface area (Å²) >= 11 is 0. The molecule has 1 saturated heterocycles. The predicted octanol–water partition coefficient (Wildman–Crippen LogP) is 3.95. The van der Waals surface area contributed by atoms with Gasteiger partial charge in [0.25, 0.3) is 5.91 Å². The molecular weight excluding hydrogens is 380 g/mol. The molecule has 1 atom stereocenters. The largest absolute Gasteiger partial charge is 0.458 e. The molecule has 0 aromatic heterocycles. The van der Waals surface area contributed by atoms with Crippen LogP contribution >= 0.6 is 0 Å². The van der Waals surface area contributed by atoms with E-state index in [1.54, 1.807) is 25.7 Å². The van der Waals surface area contributed by atoms with Gasteiger partial charge in [-0.2, -0.15) is 0 Å². The van der Waals surface area contributed by atoms with Crippen LogP contribution in [0.25, 0.3) is 11.1 Å². The van der Waals surface area contributed by atoms with E-state index in [-0.39, 0.29) is 31.7 Å². The van der Waals surface area contributed by atoms with Crippen molar-refractivity contribution in [1.82, 2.24) is 4.90 Å². The summed E-state index contributed by atoms with van der Waals surface area (Å²) in [6, 6.07) is 17.2. The van der Waals surface area contributed by atoms with Gasteiger partial charge in [-0.25, -0.2) is 4.79 Å². The average Bonchev–Trinajstić information content (AvgIpc) is 3.07. The van der Waals surface area contributed by atoms with Crippen molar-refractivity contribution in [2.45, 2.75) is 38.8 Å². The van der Waals surface area contributed by atoms with Crippen molar-refractivity contribution in [3.8, 4) is 11.1 Å². The van der Waals surface area contributed by atoms with Crippen LogP contribution in [-0.4, -0.2) is 53.9 Å². The zero-order chi connectivity index (χ0) is 21.7. The molecule has 6 nitrogen and oxygen atoms in total. The monoisotopic (exact) mass is 408 g/mol. The highest BCUT2D eigenvalue weighted by Gasteiger charge is 2.33. The van der Waals surface area contributed by atoms with Crippen molar-refractivity contribution >= 4 is 17.6 Å². The zero-order valence-corrected chi connectivity index (χ0v) is 17.7. The Morgan fingerprint density at radius 2 is 1.67 bits per heavy atom. The Bertz CT molecular complexity index is 901. The molecule has 1 unspecified atom stereocenters. The number of carbonyl (C=O) groups excluding carboxylic acids is 2. The van der Waals surface area contributed by atoms with Crippen LogP contribution < -0.4 is 0 Å². The number of nitrogens with one attached hydrogen (secondary N) is 1.